The van der Waals surface area contributed by atoms with E-state index in [2.05, 4.69) is 14.7 Å². The van der Waals surface area contributed by atoms with Crippen LogP contribution >= 0.6 is 11.6 Å². The van der Waals surface area contributed by atoms with Crippen LogP contribution in [0.15, 0.2) is 53.4 Å². The molecule has 11 nitrogen and oxygen atoms in total. The van der Waals surface area contributed by atoms with Gasteiger partial charge in [-0.1, -0.05) is 49.7 Å². The molecule has 1 saturated heterocycles. The quantitative estimate of drug-likeness (QED) is 0.341. The molecule has 0 aliphatic carbocycles. The van der Waals surface area contributed by atoms with Crippen molar-refractivity contribution < 1.29 is 27.9 Å². The van der Waals surface area contributed by atoms with Gasteiger partial charge in [-0.25, -0.2) is 27.9 Å². The van der Waals surface area contributed by atoms with Gasteiger partial charge in [0.05, 0.1) is 29.3 Å². The maximum absolute atomic E-state index is 13.9. The van der Waals surface area contributed by atoms with E-state index >= 15 is 0 Å². The third kappa shape index (κ3) is 8.30. The van der Waals surface area contributed by atoms with Crippen LogP contribution in [0.1, 0.15) is 56.1 Å². The molecule has 1 aliphatic rings. The zero-order chi connectivity index (χ0) is 33.3. The number of sulfonamides is 1. The third-order valence-corrected chi connectivity index (χ3v) is 8.90. The van der Waals surface area contributed by atoms with Crippen LogP contribution in [0.3, 0.4) is 0 Å². The van der Waals surface area contributed by atoms with Gasteiger partial charge in [0.2, 0.25) is 5.95 Å². The largest absolute Gasteiger partial charge is 0.444 e. The summed E-state index contributed by atoms with van der Waals surface area (Å²) < 4.78 is 34.9. The van der Waals surface area contributed by atoms with Crippen molar-refractivity contribution in [1.82, 2.24) is 19.8 Å². The number of amides is 2. The lowest BCUT2D eigenvalue weighted by Gasteiger charge is -2.35. The molecule has 13 heteroatoms. The summed E-state index contributed by atoms with van der Waals surface area (Å²) in [5.74, 6) is -0.786. The second-order valence-corrected chi connectivity index (χ2v) is 14.7. The highest BCUT2D eigenvalue weighted by molar-refractivity contribution is 7.92. The molecule has 2 aromatic carbocycles. The Labute approximate surface area is 269 Å². The molecule has 3 aromatic rings. The molecule has 2 N–H and O–H groups in total. The first-order chi connectivity index (χ1) is 20.9. The van der Waals surface area contributed by atoms with Crippen molar-refractivity contribution in [2.24, 2.45) is 5.92 Å². The van der Waals surface area contributed by atoms with E-state index in [9.17, 15) is 23.1 Å². The molecule has 2 amide bonds. The van der Waals surface area contributed by atoms with E-state index < -0.39 is 39.8 Å². The SMILES string of the molecule is Cc1cccc(C)c1-c1cc(Cl)nc(NS(=O)(=O)c2cccc(C(=O)N3C[C@H](O)CN(C(=O)OC(C)(C)C)C[C@H]3C(C)C)c2)n1. The Bertz CT molecular complexity index is 1670. The van der Waals surface area contributed by atoms with Gasteiger partial charge in [0.1, 0.15) is 10.8 Å². The summed E-state index contributed by atoms with van der Waals surface area (Å²) in [6.45, 7) is 13.0. The fourth-order valence-electron chi connectivity index (χ4n) is 5.30. The summed E-state index contributed by atoms with van der Waals surface area (Å²) in [7, 11) is -4.24. The number of ether oxygens (including phenoxy) is 1. The van der Waals surface area contributed by atoms with Crippen LogP contribution in [0, 0.1) is 19.8 Å². The highest BCUT2D eigenvalue weighted by Gasteiger charge is 2.37. The van der Waals surface area contributed by atoms with Gasteiger partial charge in [-0.2, -0.15) is 0 Å². The highest BCUT2D eigenvalue weighted by Crippen LogP contribution is 2.29. The van der Waals surface area contributed by atoms with Crippen LogP contribution < -0.4 is 4.72 Å². The minimum atomic E-state index is -4.24. The first kappa shape index (κ1) is 34.1. The lowest BCUT2D eigenvalue weighted by molar-refractivity contribution is 0.0166. The molecule has 2 atom stereocenters. The van der Waals surface area contributed by atoms with Gasteiger partial charge in [-0.05, 0) is 69.9 Å². The zero-order valence-electron chi connectivity index (χ0n) is 26.5. The van der Waals surface area contributed by atoms with Gasteiger partial charge in [0.25, 0.3) is 15.9 Å². The fourth-order valence-corrected chi connectivity index (χ4v) is 6.48. The molecule has 0 bridgehead atoms. The third-order valence-electron chi connectivity index (χ3n) is 7.38. The van der Waals surface area contributed by atoms with Crippen molar-refractivity contribution in [2.45, 2.75) is 71.1 Å². The number of nitrogens with one attached hydrogen (secondary N) is 1. The average Bonchev–Trinajstić information content (AvgIpc) is 3.10. The molecule has 1 aromatic heterocycles. The van der Waals surface area contributed by atoms with Gasteiger partial charge >= 0.3 is 6.09 Å². The molecule has 1 fully saturated rings. The smallest absolute Gasteiger partial charge is 0.410 e. The average molecular weight is 658 g/mol. The number of halogens is 1. The van der Waals surface area contributed by atoms with E-state index in [1.165, 1.54) is 34.1 Å². The first-order valence-electron chi connectivity index (χ1n) is 14.7. The normalized spacial score (nSPS) is 17.6. The summed E-state index contributed by atoms with van der Waals surface area (Å²) in [6, 6.07) is 12.5. The van der Waals surface area contributed by atoms with Crippen LogP contribution in [0.2, 0.25) is 5.15 Å². The van der Waals surface area contributed by atoms with E-state index in [0.29, 0.717) is 5.69 Å². The highest BCUT2D eigenvalue weighted by atomic mass is 35.5. The number of nitrogens with zero attached hydrogens (tertiary/aromatic N) is 4. The number of anilines is 1. The second-order valence-electron chi connectivity index (χ2n) is 12.6. The summed E-state index contributed by atoms with van der Waals surface area (Å²) in [5, 5.41) is 10.9. The fraction of sp³-hybridized carbons (Fsp3) is 0.438. The van der Waals surface area contributed by atoms with Crippen LogP contribution in [0.25, 0.3) is 11.3 Å². The Kier molecular flexibility index (Phi) is 10.1. The summed E-state index contributed by atoms with van der Waals surface area (Å²) >= 11 is 6.27. The number of aromatic nitrogens is 2. The lowest BCUT2D eigenvalue weighted by atomic mass is 10.00. The number of benzene rings is 2. The molecule has 242 valence electrons. The van der Waals surface area contributed by atoms with Gasteiger partial charge in [-0.15, -0.1) is 0 Å². The Balaban J connectivity index is 1.61. The summed E-state index contributed by atoms with van der Waals surface area (Å²) in [4.78, 5) is 38.0. The number of hydrogen-bond acceptors (Lipinski definition) is 8. The predicted octanol–water partition coefficient (Wildman–Crippen LogP) is 5.29. The lowest BCUT2D eigenvalue weighted by Crippen LogP contribution is -2.49. The molecular formula is C32H40ClN5O6S. The number of aliphatic hydroxyl groups is 1. The minimum Gasteiger partial charge on any atom is -0.444 e. The van der Waals surface area contributed by atoms with Crippen molar-refractivity contribution in [1.29, 1.82) is 0 Å². The maximum atomic E-state index is 13.9. The van der Waals surface area contributed by atoms with Crippen LogP contribution in [0.5, 0.6) is 0 Å². The molecule has 0 saturated carbocycles. The zero-order valence-corrected chi connectivity index (χ0v) is 28.1. The Morgan fingerprint density at radius 3 is 2.29 bits per heavy atom. The molecule has 2 heterocycles. The number of rotatable bonds is 6. The predicted molar refractivity (Wildman–Crippen MR) is 173 cm³/mol. The van der Waals surface area contributed by atoms with Crippen molar-refractivity contribution in [3.63, 3.8) is 0 Å². The number of aryl methyl sites for hydroxylation is 2. The van der Waals surface area contributed by atoms with Crippen molar-refractivity contribution in [3.05, 3.63) is 70.4 Å². The molecule has 4 rings (SSSR count). The van der Waals surface area contributed by atoms with Crippen LogP contribution in [-0.2, 0) is 14.8 Å². The van der Waals surface area contributed by atoms with E-state index in [1.54, 1.807) is 26.8 Å². The van der Waals surface area contributed by atoms with Gasteiger partial charge in [0, 0.05) is 30.3 Å². The second kappa shape index (κ2) is 13.3. The number of β-amino-alcohol motifs (C(OH)–C–C–N with tert-alkyl or cyclic N) is 1. The molecule has 1 aliphatic heterocycles. The van der Waals surface area contributed by atoms with E-state index in [4.69, 9.17) is 16.3 Å². The van der Waals surface area contributed by atoms with Crippen LogP contribution in [0.4, 0.5) is 10.7 Å². The molecule has 0 spiro atoms. The molecule has 0 unspecified atom stereocenters. The number of carbonyl (C=O) groups is 2. The minimum absolute atomic E-state index is 0.0100. The topological polar surface area (TPSA) is 142 Å². The first-order valence-corrected chi connectivity index (χ1v) is 16.5. The summed E-state index contributed by atoms with van der Waals surface area (Å²) in [5.41, 5.74) is 2.54. The molecule has 45 heavy (non-hydrogen) atoms. The van der Waals surface area contributed by atoms with Crippen LogP contribution in [-0.4, -0.2) is 82.7 Å². The van der Waals surface area contributed by atoms with Gasteiger partial charge < -0.3 is 19.6 Å². The van der Waals surface area contributed by atoms with E-state index in [-0.39, 0.29) is 47.1 Å². The Hall–Kier alpha value is -3.74. The maximum Gasteiger partial charge on any atom is 0.410 e. The van der Waals surface area contributed by atoms with E-state index in [1.807, 2.05) is 45.9 Å². The Morgan fingerprint density at radius 2 is 1.67 bits per heavy atom. The van der Waals surface area contributed by atoms with Gasteiger partial charge in [0.15, 0.2) is 0 Å². The number of hydrogen-bond donors (Lipinski definition) is 2. The number of carbonyl (C=O) groups excluding carboxylic acids is 2. The number of aliphatic hydroxyl groups excluding tert-OH is 1. The van der Waals surface area contributed by atoms with E-state index in [0.717, 1.165) is 16.7 Å². The summed E-state index contributed by atoms with van der Waals surface area (Å²) in [6.07, 6.45) is -1.62. The van der Waals surface area contributed by atoms with Gasteiger partial charge in [-0.3, -0.25) is 4.79 Å². The van der Waals surface area contributed by atoms with Crippen molar-refractivity contribution in [3.8, 4) is 11.3 Å². The van der Waals surface area contributed by atoms with Crippen molar-refractivity contribution >= 4 is 39.6 Å². The molecule has 0 radical (unpaired) electrons. The molecular weight excluding hydrogens is 618 g/mol. The Morgan fingerprint density at radius 1 is 1.02 bits per heavy atom. The monoisotopic (exact) mass is 657 g/mol. The van der Waals surface area contributed by atoms with Crippen molar-refractivity contribution in [2.75, 3.05) is 24.4 Å². The standard InChI is InChI=1S/C32H40ClN5O6S/c1-19(2)26-18-37(31(41)44-32(5,6)7)16-23(39)17-38(26)29(40)22-12-9-13-24(14-22)45(42,43)36-30-34-25(15-27(33)35-30)28-20(3)10-8-11-21(28)4/h8-15,19,23,26,39H,16-18H2,1-7H3,(H,34,35,36)/t23-,26+/m1/s1.